The second kappa shape index (κ2) is 6.49. The predicted molar refractivity (Wildman–Crippen MR) is 99.1 cm³/mol. The van der Waals surface area contributed by atoms with Crippen molar-refractivity contribution in [2.24, 2.45) is 0 Å². The summed E-state index contributed by atoms with van der Waals surface area (Å²) in [6.07, 6.45) is 1.76. The highest BCUT2D eigenvalue weighted by atomic mass is 32.1. The Morgan fingerprint density at radius 3 is 2.76 bits per heavy atom. The van der Waals surface area contributed by atoms with Crippen molar-refractivity contribution in [3.63, 3.8) is 0 Å². The minimum Gasteiger partial charge on any atom is -0.347 e. The molecular formula is C19H16N4OS. The number of thiophene rings is 1. The molecule has 0 saturated heterocycles. The van der Waals surface area contributed by atoms with E-state index in [0.29, 0.717) is 12.1 Å². The monoisotopic (exact) mass is 348 g/mol. The number of aromatic nitrogens is 3. The van der Waals surface area contributed by atoms with Gasteiger partial charge in [-0.3, -0.25) is 9.36 Å². The fourth-order valence-electron chi connectivity index (χ4n) is 2.78. The van der Waals surface area contributed by atoms with Gasteiger partial charge in [0.05, 0.1) is 6.54 Å². The predicted octanol–water partition coefficient (Wildman–Crippen LogP) is 3.72. The number of hydrogen-bond acceptors (Lipinski definition) is 4. The van der Waals surface area contributed by atoms with Crippen LogP contribution in [0, 0.1) is 6.92 Å². The summed E-state index contributed by atoms with van der Waals surface area (Å²) in [6, 6.07) is 15.3. The average Bonchev–Trinajstić information content (AvgIpc) is 3.26. The van der Waals surface area contributed by atoms with Crippen LogP contribution in [0.2, 0.25) is 0 Å². The lowest BCUT2D eigenvalue weighted by atomic mass is 10.2. The van der Waals surface area contributed by atoms with Gasteiger partial charge < -0.3 is 5.32 Å². The van der Waals surface area contributed by atoms with Gasteiger partial charge in [0.15, 0.2) is 5.65 Å². The lowest BCUT2D eigenvalue weighted by Gasteiger charge is -2.08. The summed E-state index contributed by atoms with van der Waals surface area (Å²) in [5, 5.41) is 4.94. The van der Waals surface area contributed by atoms with Gasteiger partial charge in [0.25, 0.3) is 5.91 Å². The standard InChI is InChI=1S/C19H16N4OS/c1-13-22-17-5-2-10-20-18(17)23(13)15-8-6-14(7-9-15)19(24)21-12-16-4-3-11-25-16/h2-11H,12H2,1H3,(H,21,24). The third-order valence-corrected chi connectivity index (χ3v) is 4.85. The lowest BCUT2D eigenvalue weighted by molar-refractivity contribution is 0.0951. The summed E-state index contributed by atoms with van der Waals surface area (Å²) in [4.78, 5) is 22.4. The van der Waals surface area contributed by atoms with Gasteiger partial charge in [0.1, 0.15) is 11.3 Å². The van der Waals surface area contributed by atoms with Gasteiger partial charge in [-0.15, -0.1) is 11.3 Å². The van der Waals surface area contributed by atoms with Crippen LogP contribution in [0.25, 0.3) is 16.9 Å². The Labute approximate surface area is 149 Å². The highest BCUT2D eigenvalue weighted by Crippen LogP contribution is 2.19. The van der Waals surface area contributed by atoms with Crippen molar-refractivity contribution in [3.8, 4) is 5.69 Å². The van der Waals surface area contributed by atoms with Gasteiger partial charge in [-0.1, -0.05) is 6.07 Å². The topological polar surface area (TPSA) is 59.8 Å². The van der Waals surface area contributed by atoms with Gasteiger partial charge in [-0.05, 0) is 54.8 Å². The smallest absolute Gasteiger partial charge is 0.251 e. The molecule has 0 unspecified atom stereocenters. The maximum absolute atomic E-state index is 12.3. The molecule has 0 aliphatic rings. The molecule has 4 rings (SSSR count). The summed E-state index contributed by atoms with van der Waals surface area (Å²) in [5.74, 6) is 0.786. The molecule has 0 saturated carbocycles. The van der Waals surface area contributed by atoms with E-state index < -0.39 is 0 Å². The molecule has 5 nitrogen and oxygen atoms in total. The molecule has 25 heavy (non-hydrogen) atoms. The molecule has 6 heteroatoms. The van der Waals surface area contributed by atoms with E-state index >= 15 is 0 Å². The van der Waals surface area contributed by atoms with Crippen molar-refractivity contribution in [1.82, 2.24) is 19.9 Å². The number of imidazole rings is 1. The third-order valence-electron chi connectivity index (χ3n) is 3.97. The first-order valence-corrected chi connectivity index (χ1v) is 8.81. The van der Waals surface area contributed by atoms with Gasteiger partial charge in [0.2, 0.25) is 0 Å². The van der Waals surface area contributed by atoms with E-state index in [1.807, 2.05) is 65.4 Å². The Morgan fingerprint density at radius 2 is 2.00 bits per heavy atom. The Balaban J connectivity index is 1.57. The lowest BCUT2D eigenvalue weighted by Crippen LogP contribution is -2.22. The number of carbonyl (C=O) groups excluding carboxylic acids is 1. The fourth-order valence-corrected chi connectivity index (χ4v) is 3.42. The van der Waals surface area contributed by atoms with E-state index in [1.165, 1.54) is 0 Å². The first-order valence-electron chi connectivity index (χ1n) is 7.93. The van der Waals surface area contributed by atoms with Crippen LogP contribution in [0.1, 0.15) is 21.1 Å². The van der Waals surface area contributed by atoms with Crippen LogP contribution in [0.4, 0.5) is 0 Å². The number of carbonyl (C=O) groups is 1. The van der Waals surface area contributed by atoms with Gasteiger partial charge in [0, 0.05) is 22.3 Å². The number of hydrogen-bond donors (Lipinski definition) is 1. The van der Waals surface area contributed by atoms with E-state index in [9.17, 15) is 4.79 Å². The summed E-state index contributed by atoms with van der Waals surface area (Å²) in [6.45, 7) is 2.50. The molecule has 1 N–H and O–H groups in total. The second-order valence-corrected chi connectivity index (χ2v) is 6.68. The molecule has 0 radical (unpaired) electrons. The van der Waals surface area contributed by atoms with E-state index in [2.05, 4.69) is 15.3 Å². The van der Waals surface area contributed by atoms with Gasteiger partial charge in [-0.25, -0.2) is 9.97 Å². The summed E-state index contributed by atoms with van der Waals surface area (Å²) in [5.41, 5.74) is 3.25. The first-order chi connectivity index (χ1) is 12.2. The SMILES string of the molecule is Cc1nc2cccnc2n1-c1ccc(C(=O)NCc2cccs2)cc1. The number of nitrogens with zero attached hydrogens (tertiary/aromatic N) is 3. The number of aryl methyl sites for hydroxylation is 1. The van der Waals surface area contributed by atoms with E-state index in [1.54, 1.807) is 17.5 Å². The maximum atomic E-state index is 12.3. The van der Waals surface area contributed by atoms with Gasteiger partial charge in [-0.2, -0.15) is 0 Å². The summed E-state index contributed by atoms with van der Waals surface area (Å²) in [7, 11) is 0. The zero-order valence-electron chi connectivity index (χ0n) is 13.6. The van der Waals surface area contributed by atoms with Crippen molar-refractivity contribution in [2.75, 3.05) is 0 Å². The minimum absolute atomic E-state index is 0.0784. The van der Waals surface area contributed by atoms with E-state index in [-0.39, 0.29) is 5.91 Å². The third kappa shape index (κ3) is 3.04. The molecule has 0 bridgehead atoms. The molecule has 1 amide bonds. The molecule has 4 aromatic rings. The van der Waals surface area contributed by atoms with E-state index in [4.69, 9.17) is 0 Å². The Hall–Kier alpha value is -2.99. The molecule has 0 fully saturated rings. The second-order valence-electron chi connectivity index (χ2n) is 5.65. The van der Waals surface area contributed by atoms with Crippen molar-refractivity contribution < 1.29 is 4.79 Å². The molecule has 0 spiro atoms. The largest absolute Gasteiger partial charge is 0.347 e. The van der Waals surface area contributed by atoms with Crippen LogP contribution in [0.3, 0.4) is 0 Å². The number of amides is 1. The maximum Gasteiger partial charge on any atom is 0.251 e. The quantitative estimate of drug-likeness (QED) is 0.611. The number of pyridine rings is 1. The minimum atomic E-state index is -0.0784. The molecule has 0 atom stereocenters. The van der Waals surface area contributed by atoms with Crippen LogP contribution in [0.5, 0.6) is 0 Å². The molecule has 1 aromatic carbocycles. The van der Waals surface area contributed by atoms with Crippen LogP contribution in [-0.2, 0) is 6.54 Å². The zero-order chi connectivity index (χ0) is 17.2. The molecule has 3 aromatic heterocycles. The molecule has 124 valence electrons. The van der Waals surface area contributed by atoms with Crippen LogP contribution >= 0.6 is 11.3 Å². The molecule has 0 aliphatic heterocycles. The number of rotatable bonds is 4. The number of fused-ring (bicyclic) bond motifs is 1. The number of benzene rings is 1. The normalized spacial score (nSPS) is 10.9. The highest BCUT2D eigenvalue weighted by Gasteiger charge is 2.11. The van der Waals surface area contributed by atoms with Crippen molar-refractivity contribution in [1.29, 1.82) is 0 Å². The van der Waals surface area contributed by atoms with Crippen LogP contribution in [0.15, 0.2) is 60.1 Å². The molecule has 0 aliphatic carbocycles. The van der Waals surface area contributed by atoms with Gasteiger partial charge >= 0.3 is 0 Å². The highest BCUT2D eigenvalue weighted by molar-refractivity contribution is 7.09. The van der Waals surface area contributed by atoms with Crippen molar-refractivity contribution in [2.45, 2.75) is 13.5 Å². The Morgan fingerprint density at radius 1 is 1.16 bits per heavy atom. The van der Waals surface area contributed by atoms with Crippen LogP contribution < -0.4 is 5.32 Å². The molecular weight excluding hydrogens is 332 g/mol. The summed E-state index contributed by atoms with van der Waals surface area (Å²) < 4.78 is 1.99. The first kappa shape index (κ1) is 15.5. The van der Waals surface area contributed by atoms with Crippen LogP contribution in [-0.4, -0.2) is 20.4 Å². The average molecular weight is 348 g/mol. The Bertz CT molecular complexity index is 1020. The van der Waals surface area contributed by atoms with Crippen molar-refractivity contribution >= 4 is 28.4 Å². The van der Waals surface area contributed by atoms with E-state index in [0.717, 1.165) is 27.6 Å². The summed E-state index contributed by atoms with van der Waals surface area (Å²) >= 11 is 1.63. The fraction of sp³-hybridized carbons (Fsp3) is 0.105. The van der Waals surface area contributed by atoms with Crippen molar-refractivity contribution in [3.05, 3.63) is 76.4 Å². The number of nitrogens with one attached hydrogen (secondary N) is 1. The zero-order valence-corrected chi connectivity index (χ0v) is 14.5. The Kier molecular flexibility index (Phi) is 4.03. The molecule has 3 heterocycles.